The van der Waals surface area contributed by atoms with Crippen LogP contribution in [0, 0.1) is 18.3 Å². The molecule has 2 heteroatoms. The Labute approximate surface area is 85.5 Å². The molecule has 0 bridgehead atoms. The van der Waals surface area contributed by atoms with E-state index in [-0.39, 0.29) is 10.8 Å². The third-order valence-corrected chi connectivity index (χ3v) is 4.31. The third-order valence-electron chi connectivity index (χ3n) is 4.31. The lowest BCUT2D eigenvalue weighted by atomic mass is 9.95. The van der Waals surface area contributed by atoms with Crippen molar-refractivity contribution < 1.29 is 4.42 Å². The zero-order chi connectivity index (χ0) is 10.6. The fraction of sp³-hybridized carbons (Fsp3) is 0.667. The molecule has 1 aromatic rings. The SMILES string of the molecule is Cc1ccc(C2(C)C(CN)C2(C)C)o1. The zero-order valence-electron chi connectivity index (χ0n) is 9.42. The van der Waals surface area contributed by atoms with Gasteiger partial charge < -0.3 is 10.2 Å². The van der Waals surface area contributed by atoms with Crippen LogP contribution in [-0.4, -0.2) is 6.54 Å². The van der Waals surface area contributed by atoms with Crippen molar-refractivity contribution >= 4 is 0 Å². The van der Waals surface area contributed by atoms with Crippen LogP contribution in [0.1, 0.15) is 32.3 Å². The maximum atomic E-state index is 5.79. The van der Waals surface area contributed by atoms with Crippen LogP contribution in [0.25, 0.3) is 0 Å². The average Bonchev–Trinajstić information content (AvgIpc) is 2.49. The highest BCUT2D eigenvalue weighted by molar-refractivity contribution is 5.34. The van der Waals surface area contributed by atoms with Gasteiger partial charge in [0, 0.05) is 5.41 Å². The normalized spacial score (nSPS) is 34.5. The van der Waals surface area contributed by atoms with Crippen LogP contribution in [0.3, 0.4) is 0 Å². The van der Waals surface area contributed by atoms with E-state index in [1.54, 1.807) is 0 Å². The highest BCUT2D eigenvalue weighted by Gasteiger charge is 2.69. The third kappa shape index (κ3) is 0.949. The molecule has 2 N–H and O–H groups in total. The standard InChI is InChI=1S/C12H19NO/c1-8-5-6-10(14-8)12(4)9(7-13)11(12,2)3/h5-6,9H,7,13H2,1-4H3. The van der Waals surface area contributed by atoms with Crippen molar-refractivity contribution in [1.82, 2.24) is 0 Å². The molecule has 0 aliphatic heterocycles. The van der Waals surface area contributed by atoms with Crippen LogP contribution >= 0.6 is 0 Å². The van der Waals surface area contributed by atoms with Crippen molar-refractivity contribution in [2.75, 3.05) is 6.54 Å². The van der Waals surface area contributed by atoms with Gasteiger partial charge >= 0.3 is 0 Å². The van der Waals surface area contributed by atoms with Gasteiger partial charge in [-0.1, -0.05) is 20.8 Å². The fourth-order valence-electron chi connectivity index (χ4n) is 2.83. The average molecular weight is 193 g/mol. The van der Waals surface area contributed by atoms with Crippen molar-refractivity contribution in [3.63, 3.8) is 0 Å². The van der Waals surface area contributed by atoms with E-state index in [0.717, 1.165) is 18.1 Å². The molecule has 0 aromatic carbocycles. The molecule has 78 valence electrons. The molecule has 0 spiro atoms. The van der Waals surface area contributed by atoms with Crippen molar-refractivity contribution in [3.8, 4) is 0 Å². The monoisotopic (exact) mass is 193 g/mol. The van der Waals surface area contributed by atoms with E-state index in [9.17, 15) is 0 Å². The summed E-state index contributed by atoms with van der Waals surface area (Å²) in [4.78, 5) is 0. The molecule has 2 rings (SSSR count). The van der Waals surface area contributed by atoms with Gasteiger partial charge in [-0.25, -0.2) is 0 Å². The lowest BCUT2D eigenvalue weighted by Crippen LogP contribution is -2.11. The predicted octanol–water partition coefficient (Wildman–Crippen LogP) is 2.46. The van der Waals surface area contributed by atoms with Gasteiger partial charge in [0.2, 0.25) is 0 Å². The summed E-state index contributed by atoms with van der Waals surface area (Å²) in [6, 6.07) is 4.12. The largest absolute Gasteiger partial charge is 0.466 e. The van der Waals surface area contributed by atoms with Crippen molar-refractivity contribution in [1.29, 1.82) is 0 Å². The summed E-state index contributed by atoms with van der Waals surface area (Å²) >= 11 is 0. The minimum absolute atomic E-state index is 0.135. The Morgan fingerprint density at radius 3 is 2.36 bits per heavy atom. The summed E-state index contributed by atoms with van der Waals surface area (Å²) in [5.41, 5.74) is 6.19. The molecule has 0 saturated heterocycles. The maximum absolute atomic E-state index is 5.79. The number of hydrogen-bond donors (Lipinski definition) is 1. The van der Waals surface area contributed by atoms with Gasteiger partial charge in [-0.15, -0.1) is 0 Å². The number of rotatable bonds is 2. The molecule has 1 heterocycles. The molecule has 0 amide bonds. The smallest absolute Gasteiger partial charge is 0.110 e. The quantitative estimate of drug-likeness (QED) is 0.783. The van der Waals surface area contributed by atoms with Gasteiger partial charge in [-0.3, -0.25) is 0 Å². The Morgan fingerprint density at radius 2 is 2.00 bits per heavy atom. The number of nitrogens with two attached hydrogens (primary N) is 1. The molecule has 1 fully saturated rings. The second-order valence-electron chi connectivity index (χ2n) is 5.12. The topological polar surface area (TPSA) is 39.2 Å². The van der Waals surface area contributed by atoms with E-state index in [1.165, 1.54) is 0 Å². The Bertz CT molecular complexity index is 353. The summed E-state index contributed by atoms with van der Waals surface area (Å²) < 4.78 is 5.72. The van der Waals surface area contributed by atoms with Crippen LogP contribution < -0.4 is 5.73 Å². The molecule has 2 atom stereocenters. The predicted molar refractivity (Wildman–Crippen MR) is 57.1 cm³/mol. The lowest BCUT2D eigenvalue weighted by molar-refractivity contribution is 0.399. The van der Waals surface area contributed by atoms with Gasteiger partial charge in [-0.2, -0.15) is 0 Å². The minimum Gasteiger partial charge on any atom is -0.466 e. The van der Waals surface area contributed by atoms with Gasteiger partial charge in [0.25, 0.3) is 0 Å². The minimum atomic E-state index is 0.135. The van der Waals surface area contributed by atoms with Crippen molar-refractivity contribution in [2.24, 2.45) is 17.1 Å². The van der Waals surface area contributed by atoms with Gasteiger partial charge in [0.1, 0.15) is 11.5 Å². The maximum Gasteiger partial charge on any atom is 0.110 e. The Morgan fingerprint density at radius 1 is 1.36 bits per heavy atom. The van der Waals surface area contributed by atoms with Gasteiger partial charge in [-0.05, 0) is 36.9 Å². The highest BCUT2D eigenvalue weighted by atomic mass is 16.3. The van der Waals surface area contributed by atoms with Crippen LogP contribution in [0.4, 0.5) is 0 Å². The molecule has 2 unspecified atom stereocenters. The number of aryl methyl sites for hydroxylation is 1. The highest BCUT2D eigenvalue weighted by Crippen LogP contribution is 2.68. The van der Waals surface area contributed by atoms with E-state index >= 15 is 0 Å². The van der Waals surface area contributed by atoms with E-state index < -0.39 is 0 Å². The molecule has 14 heavy (non-hydrogen) atoms. The van der Waals surface area contributed by atoms with Gasteiger partial charge in [0.05, 0.1) is 0 Å². The van der Waals surface area contributed by atoms with Crippen molar-refractivity contribution in [2.45, 2.75) is 33.1 Å². The van der Waals surface area contributed by atoms with E-state index in [4.69, 9.17) is 10.2 Å². The van der Waals surface area contributed by atoms with E-state index in [2.05, 4.69) is 26.8 Å². The molecule has 1 saturated carbocycles. The number of hydrogen-bond acceptors (Lipinski definition) is 2. The second-order valence-corrected chi connectivity index (χ2v) is 5.12. The van der Waals surface area contributed by atoms with E-state index in [1.807, 2.05) is 13.0 Å². The molecule has 2 nitrogen and oxygen atoms in total. The Kier molecular flexibility index (Phi) is 1.84. The summed E-state index contributed by atoms with van der Waals surface area (Å²) in [7, 11) is 0. The summed E-state index contributed by atoms with van der Waals surface area (Å²) in [5.74, 6) is 2.62. The first-order valence-corrected chi connectivity index (χ1v) is 5.21. The summed E-state index contributed by atoms with van der Waals surface area (Å²) in [5, 5.41) is 0. The van der Waals surface area contributed by atoms with Crippen LogP contribution in [0.15, 0.2) is 16.5 Å². The zero-order valence-corrected chi connectivity index (χ0v) is 9.42. The van der Waals surface area contributed by atoms with E-state index in [0.29, 0.717) is 5.92 Å². The Balaban J connectivity index is 2.36. The van der Waals surface area contributed by atoms with Crippen LogP contribution in [-0.2, 0) is 5.41 Å². The first-order valence-electron chi connectivity index (χ1n) is 5.21. The molecule has 0 radical (unpaired) electrons. The molecular weight excluding hydrogens is 174 g/mol. The fourth-order valence-corrected chi connectivity index (χ4v) is 2.83. The van der Waals surface area contributed by atoms with Gasteiger partial charge in [0.15, 0.2) is 0 Å². The first-order chi connectivity index (χ1) is 6.44. The lowest BCUT2D eigenvalue weighted by Gasteiger charge is -2.10. The molecule has 1 aliphatic rings. The van der Waals surface area contributed by atoms with Crippen molar-refractivity contribution in [3.05, 3.63) is 23.7 Å². The Hall–Kier alpha value is -0.760. The van der Waals surface area contributed by atoms with Crippen LogP contribution in [0.5, 0.6) is 0 Å². The number of furan rings is 1. The molecular formula is C12H19NO. The molecule has 1 aliphatic carbocycles. The molecule has 1 aromatic heterocycles. The second kappa shape index (κ2) is 2.63. The van der Waals surface area contributed by atoms with Crippen LogP contribution in [0.2, 0.25) is 0 Å². The summed E-state index contributed by atoms with van der Waals surface area (Å²) in [6.07, 6.45) is 0. The first kappa shape index (κ1) is 9.78. The summed E-state index contributed by atoms with van der Waals surface area (Å²) in [6.45, 7) is 9.51.